The lowest BCUT2D eigenvalue weighted by molar-refractivity contribution is 0.0997. The number of halogens is 2. The summed E-state index contributed by atoms with van der Waals surface area (Å²) in [6, 6.07) is 8.29. The van der Waals surface area contributed by atoms with Gasteiger partial charge < -0.3 is 11.1 Å². The number of primary amides is 1. The lowest BCUT2D eigenvalue weighted by Gasteiger charge is -2.23. The van der Waals surface area contributed by atoms with Gasteiger partial charge in [-0.2, -0.15) is 5.10 Å². The highest BCUT2D eigenvalue weighted by Gasteiger charge is 2.21. The Hall–Kier alpha value is -2.80. The van der Waals surface area contributed by atoms with E-state index in [1.165, 1.54) is 10.9 Å². The number of rotatable bonds is 3. The van der Waals surface area contributed by atoms with E-state index in [1.54, 1.807) is 12.1 Å². The normalized spacial score (nSPS) is 20.9. The highest BCUT2D eigenvalue weighted by molar-refractivity contribution is 6.05. The molecule has 1 atom stereocenters. The molecule has 0 radical (unpaired) electrons. The predicted molar refractivity (Wildman–Crippen MR) is 94.3 cm³/mol. The Balaban J connectivity index is 1.74. The van der Waals surface area contributed by atoms with Gasteiger partial charge in [0, 0.05) is 19.5 Å². The molecule has 1 aliphatic heterocycles. The maximum absolute atomic E-state index is 13.9. The Kier molecular flexibility index (Phi) is 3.86. The first kappa shape index (κ1) is 15.5. The molecule has 7 heteroatoms. The summed E-state index contributed by atoms with van der Waals surface area (Å²) in [6.07, 6.45) is 3.24. The third-order valence-electron chi connectivity index (χ3n) is 4.65. The van der Waals surface area contributed by atoms with Crippen LogP contribution in [0.5, 0.6) is 0 Å². The van der Waals surface area contributed by atoms with E-state index in [9.17, 15) is 13.6 Å². The molecular weight excluding hydrogens is 338 g/mol. The van der Waals surface area contributed by atoms with Crippen LogP contribution in [0.15, 0.2) is 36.5 Å². The van der Waals surface area contributed by atoms with Gasteiger partial charge in [-0.05, 0) is 49.0 Å². The van der Waals surface area contributed by atoms with E-state index in [0.717, 1.165) is 31.0 Å². The second kappa shape index (κ2) is 6.49. The van der Waals surface area contributed by atoms with E-state index < -0.39 is 29.0 Å². The number of nitrogens with zero attached hydrogens (tertiary/aromatic N) is 2. The molecule has 1 saturated heterocycles. The van der Waals surface area contributed by atoms with Crippen LogP contribution in [-0.2, 0) is 0 Å². The van der Waals surface area contributed by atoms with Crippen molar-refractivity contribution in [3.05, 3.63) is 59.3 Å². The molecule has 5 nitrogen and oxygen atoms in total. The van der Waals surface area contributed by atoms with E-state index in [4.69, 9.17) is 7.10 Å². The SMILES string of the molecule is [2H][C@]1(c2ccc(-n3cc4cc(F)c(F)c(C(N)=O)c4n3)cc2)CCCNC1. The Morgan fingerprint density at radius 3 is 2.77 bits per heavy atom. The van der Waals surface area contributed by atoms with Crippen LogP contribution in [0.3, 0.4) is 0 Å². The summed E-state index contributed by atoms with van der Waals surface area (Å²) in [7, 11) is 0. The molecule has 1 fully saturated rings. The minimum Gasteiger partial charge on any atom is -0.365 e. The molecule has 0 saturated carbocycles. The molecule has 2 aromatic carbocycles. The van der Waals surface area contributed by atoms with Crippen LogP contribution in [0.4, 0.5) is 8.78 Å². The zero-order valence-corrected chi connectivity index (χ0v) is 13.9. The second-order valence-corrected chi connectivity index (χ2v) is 6.35. The summed E-state index contributed by atoms with van der Waals surface area (Å²) in [5.74, 6) is -4.18. The summed E-state index contributed by atoms with van der Waals surface area (Å²) >= 11 is 0. The minimum absolute atomic E-state index is 0.0129. The van der Waals surface area contributed by atoms with Crippen molar-refractivity contribution in [1.29, 1.82) is 0 Å². The smallest absolute Gasteiger partial charge is 0.254 e. The number of hydrogen-bond acceptors (Lipinski definition) is 3. The number of piperidine rings is 1. The molecule has 1 aliphatic rings. The molecule has 0 bridgehead atoms. The molecule has 26 heavy (non-hydrogen) atoms. The van der Waals surface area contributed by atoms with Crippen molar-refractivity contribution in [2.75, 3.05) is 13.1 Å². The number of fused-ring (bicyclic) bond motifs is 1. The molecule has 1 aromatic heterocycles. The minimum atomic E-state index is -1.29. The number of aromatic nitrogens is 2. The fourth-order valence-corrected chi connectivity index (χ4v) is 3.32. The van der Waals surface area contributed by atoms with Crippen LogP contribution in [-0.4, -0.2) is 28.8 Å². The van der Waals surface area contributed by atoms with E-state index in [0.29, 0.717) is 12.2 Å². The van der Waals surface area contributed by atoms with Crippen LogP contribution < -0.4 is 11.1 Å². The molecule has 2 heterocycles. The number of benzene rings is 2. The highest BCUT2D eigenvalue weighted by Crippen LogP contribution is 2.26. The molecule has 0 unspecified atom stereocenters. The average Bonchev–Trinajstić information content (AvgIpc) is 3.06. The predicted octanol–water partition coefficient (Wildman–Crippen LogP) is 2.87. The standard InChI is InChI=1S/C19H18F2N4O/c20-15-8-13-10-25(24-18(13)16(17(15)21)19(22)26)14-5-3-11(4-6-14)12-2-1-7-23-9-12/h3-6,8,10,12,23H,1-2,7,9H2,(H2,22,26)/t12-/m0/s1/i12D. The van der Waals surface area contributed by atoms with Gasteiger partial charge in [0.25, 0.3) is 5.91 Å². The molecule has 3 N–H and O–H groups in total. The first-order valence-corrected chi connectivity index (χ1v) is 8.38. The van der Waals surface area contributed by atoms with Crippen molar-refractivity contribution < 1.29 is 14.9 Å². The Morgan fingerprint density at radius 1 is 1.35 bits per heavy atom. The number of hydrogen-bond donors (Lipinski definition) is 2. The summed E-state index contributed by atoms with van der Waals surface area (Å²) in [5, 5.41) is 7.74. The van der Waals surface area contributed by atoms with Crippen molar-refractivity contribution in [1.82, 2.24) is 15.1 Å². The third kappa shape index (κ3) is 2.84. The van der Waals surface area contributed by atoms with Crippen molar-refractivity contribution >= 4 is 16.8 Å². The number of amides is 1. The molecule has 3 aromatic rings. The lowest BCUT2D eigenvalue weighted by atomic mass is 9.92. The lowest BCUT2D eigenvalue weighted by Crippen LogP contribution is -2.28. The van der Waals surface area contributed by atoms with Crippen LogP contribution >= 0.6 is 0 Å². The maximum Gasteiger partial charge on any atom is 0.254 e. The number of nitrogens with one attached hydrogen (secondary N) is 1. The number of carbonyl (C=O) groups is 1. The summed E-state index contributed by atoms with van der Waals surface area (Å²) in [5.41, 5.74) is 6.19. The van der Waals surface area contributed by atoms with Gasteiger partial charge >= 0.3 is 0 Å². The van der Waals surface area contributed by atoms with Gasteiger partial charge in [0.05, 0.1) is 5.69 Å². The van der Waals surface area contributed by atoms with Gasteiger partial charge in [-0.1, -0.05) is 12.1 Å². The van der Waals surface area contributed by atoms with Gasteiger partial charge in [0.2, 0.25) is 0 Å². The van der Waals surface area contributed by atoms with Crippen LogP contribution in [0.1, 0.15) is 36.0 Å². The topological polar surface area (TPSA) is 72.9 Å². The van der Waals surface area contributed by atoms with Crippen molar-refractivity contribution in [2.45, 2.75) is 18.7 Å². The van der Waals surface area contributed by atoms with Crippen molar-refractivity contribution in [3.63, 3.8) is 0 Å². The first-order valence-electron chi connectivity index (χ1n) is 8.88. The van der Waals surface area contributed by atoms with E-state index >= 15 is 0 Å². The van der Waals surface area contributed by atoms with Gasteiger partial charge in [0.1, 0.15) is 11.1 Å². The largest absolute Gasteiger partial charge is 0.365 e. The molecule has 134 valence electrons. The van der Waals surface area contributed by atoms with Crippen molar-refractivity contribution in [3.8, 4) is 5.69 Å². The Labute approximate surface area is 150 Å². The number of nitrogens with two attached hydrogens (primary N) is 1. The van der Waals surface area contributed by atoms with Gasteiger partial charge in [-0.25, -0.2) is 13.5 Å². The summed E-state index contributed by atoms with van der Waals surface area (Å²) in [6.45, 7) is 1.52. The molecule has 0 spiro atoms. The van der Waals surface area contributed by atoms with Crippen LogP contribution in [0.25, 0.3) is 16.6 Å². The maximum atomic E-state index is 13.9. The Morgan fingerprint density at radius 2 is 2.12 bits per heavy atom. The first-order chi connectivity index (χ1) is 12.9. The summed E-state index contributed by atoms with van der Waals surface area (Å²) in [4.78, 5) is 11.5. The average molecular weight is 357 g/mol. The second-order valence-electron chi connectivity index (χ2n) is 6.35. The quantitative estimate of drug-likeness (QED) is 0.757. The van der Waals surface area contributed by atoms with Crippen LogP contribution in [0, 0.1) is 11.6 Å². The van der Waals surface area contributed by atoms with E-state index in [-0.39, 0.29) is 10.9 Å². The molecule has 1 amide bonds. The van der Waals surface area contributed by atoms with Gasteiger partial charge in [-0.3, -0.25) is 4.79 Å². The van der Waals surface area contributed by atoms with Gasteiger partial charge in [-0.15, -0.1) is 0 Å². The monoisotopic (exact) mass is 357 g/mol. The molecule has 4 rings (SSSR count). The van der Waals surface area contributed by atoms with Gasteiger partial charge in [0.15, 0.2) is 11.6 Å². The summed E-state index contributed by atoms with van der Waals surface area (Å²) < 4.78 is 37.7. The highest BCUT2D eigenvalue weighted by atomic mass is 19.2. The zero-order valence-electron chi connectivity index (χ0n) is 14.9. The van der Waals surface area contributed by atoms with Crippen molar-refractivity contribution in [2.24, 2.45) is 5.73 Å². The molecule has 0 aliphatic carbocycles. The third-order valence-corrected chi connectivity index (χ3v) is 4.65. The fraction of sp³-hybridized carbons (Fsp3) is 0.263. The zero-order chi connectivity index (χ0) is 19.2. The Bertz CT molecular complexity index is 1030. The fourth-order valence-electron chi connectivity index (χ4n) is 3.32. The van der Waals surface area contributed by atoms with E-state index in [1.807, 2.05) is 12.1 Å². The van der Waals surface area contributed by atoms with Crippen LogP contribution in [0.2, 0.25) is 0 Å². The number of carbonyl (C=O) groups excluding carboxylic acids is 1. The molecular formula is C19H18F2N4O. The van der Waals surface area contributed by atoms with E-state index in [2.05, 4.69) is 10.4 Å².